The molecule has 0 fully saturated rings. The van der Waals surface area contributed by atoms with E-state index in [4.69, 9.17) is 0 Å². The van der Waals surface area contributed by atoms with E-state index in [1.54, 1.807) is 0 Å². The Morgan fingerprint density at radius 3 is 1.19 bits per heavy atom. The van der Waals surface area contributed by atoms with E-state index in [0.29, 0.717) is 0 Å². The summed E-state index contributed by atoms with van der Waals surface area (Å²) in [6.07, 6.45) is 0. The highest BCUT2D eigenvalue weighted by atomic mass is 15.2. The van der Waals surface area contributed by atoms with Crippen molar-refractivity contribution in [2.45, 2.75) is 19.3 Å². The fourth-order valence-corrected chi connectivity index (χ4v) is 10.5. The van der Waals surface area contributed by atoms with Crippen molar-refractivity contribution in [2.75, 3.05) is 14.7 Å². The Kier molecular flexibility index (Phi) is 9.80. The van der Waals surface area contributed by atoms with Crippen molar-refractivity contribution >= 4 is 73.0 Å². The molecule has 0 spiro atoms. The minimum atomic E-state index is -0.323. The highest BCUT2D eigenvalue weighted by Gasteiger charge is 2.40. The van der Waals surface area contributed by atoms with Gasteiger partial charge < -0.3 is 19.3 Å². The maximum atomic E-state index is 2.49. The second-order valence-electron chi connectivity index (χ2n) is 17.8. The molecule has 1 aromatic heterocycles. The van der Waals surface area contributed by atoms with Crippen LogP contribution in [-0.4, -0.2) is 4.57 Å². The summed E-state index contributed by atoms with van der Waals surface area (Å²) in [4.78, 5) is 7.10. The van der Waals surface area contributed by atoms with E-state index in [2.05, 4.69) is 288 Å². The fourth-order valence-electron chi connectivity index (χ4n) is 10.5. The first-order valence-corrected chi connectivity index (χ1v) is 23.1. The van der Waals surface area contributed by atoms with Gasteiger partial charge in [0.15, 0.2) is 0 Å². The first-order chi connectivity index (χ1) is 33.0. The number of benzene rings is 10. The molecule has 12 rings (SSSR count). The molecule has 0 N–H and O–H groups in total. The highest BCUT2D eigenvalue weighted by Crippen LogP contribution is 2.56. The Morgan fingerprint density at radius 2 is 0.716 bits per heavy atom. The molecule has 0 bridgehead atoms. The summed E-state index contributed by atoms with van der Waals surface area (Å²) in [6.45, 7) is 4.81. The van der Waals surface area contributed by atoms with Crippen LogP contribution in [0.25, 0.3) is 38.6 Å². The van der Waals surface area contributed by atoms with Crippen LogP contribution >= 0.6 is 0 Å². The third-order valence-electron chi connectivity index (χ3n) is 13.5. The molecule has 320 valence electrons. The molecule has 1 aliphatic carbocycles. The van der Waals surface area contributed by atoms with Crippen LogP contribution in [0.2, 0.25) is 0 Å². The molecule has 4 heteroatoms. The molecule has 0 radical (unpaired) electrons. The third-order valence-corrected chi connectivity index (χ3v) is 13.5. The van der Waals surface area contributed by atoms with Gasteiger partial charge in [-0.3, -0.25) is 0 Å². The zero-order valence-electron chi connectivity index (χ0n) is 37.5. The maximum absolute atomic E-state index is 2.49. The van der Waals surface area contributed by atoms with Crippen LogP contribution in [0, 0.1) is 0 Å². The smallest absolute Gasteiger partial charge is 0.0544 e. The van der Waals surface area contributed by atoms with Crippen LogP contribution in [0.1, 0.15) is 25.0 Å². The van der Waals surface area contributed by atoms with Gasteiger partial charge in [-0.15, -0.1) is 0 Å². The Hall–Kier alpha value is -8.60. The monoisotopic (exact) mass is 860 g/mol. The van der Waals surface area contributed by atoms with Crippen LogP contribution in [0.15, 0.2) is 255 Å². The largest absolute Gasteiger partial charge is 0.311 e. The molecule has 67 heavy (non-hydrogen) atoms. The average Bonchev–Trinajstić information content (AvgIpc) is 3.83. The van der Waals surface area contributed by atoms with E-state index in [9.17, 15) is 0 Å². The predicted octanol–water partition coefficient (Wildman–Crippen LogP) is 17.5. The summed E-state index contributed by atoms with van der Waals surface area (Å²) >= 11 is 0. The number of rotatable bonds is 10. The SMILES string of the molecule is CC1(C)c2cc3c(cc2-c2cccc(N(c4ccccc4)c4ccccc4)c21)c1cc(N(c2ccccc2)c2ccccc2)ccc1n3-c1ccc(N(c2ccccc2)c2ccccc2)cc1. The van der Waals surface area contributed by atoms with Crippen molar-refractivity contribution in [2.24, 2.45) is 0 Å². The molecular formula is C63H48N4. The van der Waals surface area contributed by atoms with Crippen molar-refractivity contribution in [1.29, 1.82) is 0 Å². The zero-order valence-corrected chi connectivity index (χ0v) is 37.5. The van der Waals surface area contributed by atoms with Crippen LogP contribution in [0.3, 0.4) is 0 Å². The van der Waals surface area contributed by atoms with Gasteiger partial charge in [-0.25, -0.2) is 0 Å². The van der Waals surface area contributed by atoms with Crippen molar-refractivity contribution in [3.63, 3.8) is 0 Å². The minimum absolute atomic E-state index is 0.323. The summed E-state index contributed by atoms with van der Waals surface area (Å²) < 4.78 is 2.48. The van der Waals surface area contributed by atoms with Crippen molar-refractivity contribution in [3.8, 4) is 16.8 Å². The zero-order chi connectivity index (χ0) is 44.9. The Bertz CT molecular complexity index is 3400. The lowest BCUT2D eigenvalue weighted by Gasteiger charge is -2.32. The molecule has 0 atom stereocenters. The van der Waals surface area contributed by atoms with Gasteiger partial charge in [0.05, 0.1) is 16.7 Å². The van der Waals surface area contributed by atoms with E-state index in [-0.39, 0.29) is 5.41 Å². The summed E-state index contributed by atoms with van der Waals surface area (Å²) in [7, 11) is 0. The van der Waals surface area contributed by atoms with Crippen LogP contribution in [0.4, 0.5) is 51.2 Å². The Labute approximate surface area is 392 Å². The topological polar surface area (TPSA) is 14.7 Å². The number of nitrogens with zero attached hydrogens (tertiary/aromatic N) is 4. The van der Waals surface area contributed by atoms with E-state index in [1.807, 2.05) is 0 Å². The molecule has 1 aliphatic rings. The van der Waals surface area contributed by atoms with Gasteiger partial charge in [0.2, 0.25) is 0 Å². The van der Waals surface area contributed by atoms with Gasteiger partial charge >= 0.3 is 0 Å². The van der Waals surface area contributed by atoms with E-state index in [1.165, 1.54) is 44.2 Å². The number of aromatic nitrogens is 1. The van der Waals surface area contributed by atoms with Crippen LogP contribution < -0.4 is 14.7 Å². The number of hydrogen-bond acceptors (Lipinski definition) is 3. The maximum Gasteiger partial charge on any atom is 0.0544 e. The molecule has 10 aromatic carbocycles. The average molecular weight is 861 g/mol. The molecule has 0 aliphatic heterocycles. The second-order valence-corrected chi connectivity index (χ2v) is 17.8. The second kappa shape index (κ2) is 16.4. The van der Waals surface area contributed by atoms with Crippen LogP contribution in [-0.2, 0) is 5.41 Å². The summed E-state index contributed by atoms with van der Waals surface area (Å²) in [5, 5.41) is 2.41. The highest BCUT2D eigenvalue weighted by molar-refractivity contribution is 6.13. The summed E-state index contributed by atoms with van der Waals surface area (Å²) in [5.74, 6) is 0. The first-order valence-electron chi connectivity index (χ1n) is 23.1. The van der Waals surface area contributed by atoms with Crippen molar-refractivity contribution in [3.05, 3.63) is 266 Å². The number of anilines is 9. The van der Waals surface area contributed by atoms with Gasteiger partial charge in [0.25, 0.3) is 0 Å². The molecule has 0 unspecified atom stereocenters. The molecule has 0 saturated heterocycles. The quantitative estimate of drug-likeness (QED) is 0.136. The molecule has 0 amide bonds. The van der Waals surface area contributed by atoms with Crippen molar-refractivity contribution < 1.29 is 0 Å². The fraction of sp³-hybridized carbons (Fsp3) is 0.0476. The molecule has 0 saturated carbocycles. The third kappa shape index (κ3) is 6.85. The predicted molar refractivity (Wildman–Crippen MR) is 282 cm³/mol. The lowest BCUT2D eigenvalue weighted by molar-refractivity contribution is 0.661. The number of para-hydroxylation sites is 6. The summed E-state index contributed by atoms with van der Waals surface area (Å²) in [6, 6.07) is 92.0. The lowest BCUT2D eigenvalue weighted by atomic mass is 9.81. The van der Waals surface area contributed by atoms with Gasteiger partial charge in [0, 0.05) is 67.4 Å². The van der Waals surface area contributed by atoms with Gasteiger partial charge in [-0.1, -0.05) is 135 Å². The lowest BCUT2D eigenvalue weighted by Crippen LogP contribution is -2.20. The summed E-state index contributed by atoms with van der Waals surface area (Å²) in [5.41, 5.74) is 18.4. The Balaban J connectivity index is 1.08. The minimum Gasteiger partial charge on any atom is -0.311 e. The van der Waals surface area contributed by atoms with Gasteiger partial charge in [-0.05, 0) is 156 Å². The van der Waals surface area contributed by atoms with E-state index >= 15 is 0 Å². The van der Waals surface area contributed by atoms with Gasteiger partial charge in [-0.2, -0.15) is 0 Å². The number of hydrogen-bond donors (Lipinski definition) is 0. The molecule has 4 nitrogen and oxygen atoms in total. The number of fused-ring (bicyclic) bond motifs is 6. The standard InChI is InChI=1S/C63H48N4/c1-63(2)58-44-61-57(43-55(58)54-34-21-35-60(62(54)63)66(49-30-17-7-18-31-49)50-32-19-8-20-33-50)56-42-53(65(47-26-13-5-14-27-47)48-28-15-6-16-29-48)40-41-59(56)67(61)52-38-36-51(37-39-52)64(45-22-9-3-10-23-45)46-24-11-4-12-25-46/h3-44H,1-2H3. The molecular weight excluding hydrogens is 813 g/mol. The normalized spacial score (nSPS) is 12.4. The van der Waals surface area contributed by atoms with Crippen molar-refractivity contribution in [1.82, 2.24) is 4.57 Å². The van der Waals surface area contributed by atoms with Gasteiger partial charge in [0.1, 0.15) is 0 Å². The first kappa shape index (κ1) is 40.0. The molecule has 11 aromatic rings. The van der Waals surface area contributed by atoms with E-state index in [0.717, 1.165) is 56.7 Å². The van der Waals surface area contributed by atoms with E-state index < -0.39 is 0 Å². The van der Waals surface area contributed by atoms with Crippen LogP contribution in [0.5, 0.6) is 0 Å². The molecule has 1 heterocycles. The Morgan fingerprint density at radius 1 is 0.313 bits per heavy atom.